The number of methoxy groups -OCH3 is 2. The monoisotopic (exact) mass is 543 g/mol. The molecule has 0 saturated heterocycles. The fourth-order valence-corrected chi connectivity index (χ4v) is 4.85. The fourth-order valence-electron chi connectivity index (χ4n) is 4.85. The Morgan fingerprint density at radius 2 is 1.65 bits per heavy atom. The van der Waals surface area contributed by atoms with Gasteiger partial charge in [-0.1, -0.05) is 43.7 Å². The summed E-state index contributed by atoms with van der Waals surface area (Å²) in [5.41, 5.74) is 4.43. The number of imidazole rings is 1. The molecule has 4 aromatic rings. The number of carbonyl (C=O) groups is 1. The minimum atomic E-state index is 0.0116. The third-order valence-electron chi connectivity index (χ3n) is 7.07. The number of hydrogen-bond acceptors (Lipinski definition) is 5. The maximum Gasteiger partial charge on any atom is 0.224 e. The molecule has 0 aliphatic heterocycles. The highest BCUT2D eigenvalue weighted by Gasteiger charge is 2.11. The number of fused-ring (bicyclic) bond motifs is 1. The van der Waals surface area contributed by atoms with E-state index in [-0.39, 0.29) is 5.91 Å². The first kappa shape index (κ1) is 29.0. The number of nitrogens with zero attached hydrogens (tertiary/aromatic N) is 2. The van der Waals surface area contributed by atoms with Gasteiger partial charge in [0.25, 0.3) is 0 Å². The van der Waals surface area contributed by atoms with E-state index in [4.69, 9.17) is 19.2 Å². The largest absolute Gasteiger partial charge is 0.494 e. The van der Waals surface area contributed by atoms with Gasteiger partial charge in [0.1, 0.15) is 11.6 Å². The summed E-state index contributed by atoms with van der Waals surface area (Å²) >= 11 is 0. The second kappa shape index (κ2) is 15.0. The van der Waals surface area contributed by atoms with Gasteiger partial charge in [0, 0.05) is 19.5 Å². The quantitative estimate of drug-likeness (QED) is 0.171. The van der Waals surface area contributed by atoms with E-state index in [1.165, 1.54) is 11.1 Å². The van der Waals surface area contributed by atoms with Crippen LogP contribution in [0.3, 0.4) is 0 Å². The molecule has 0 radical (unpaired) electrons. The molecular formula is C33H41N3O4. The van der Waals surface area contributed by atoms with Crippen molar-refractivity contribution in [2.24, 2.45) is 0 Å². The number of ether oxygens (including phenoxy) is 3. The minimum Gasteiger partial charge on any atom is -0.494 e. The first-order valence-corrected chi connectivity index (χ1v) is 14.2. The molecule has 0 unspecified atom stereocenters. The standard InChI is InChI=1S/C33H41N3O4/c1-4-25-14-17-27(18-15-25)40-22-10-21-36-29-12-8-7-11-28(29)35-32(36)13-6-5-9-20-34-33(37)24-26-16-19-30(38-2)31(23-26)39-3/h7-8,11-12,14-19,23H,4-6,9-10,13,20-22,24H2,1-3H3,(H,34,37). The van der Waals surface area contributed by atoms with Crippen molar-refractivity contribution in [3.05, 3.63) is 83.7 Å². The lowest BCUT2D eigenvalue weighted by molar-refractivity contribution is -0.120. The lowest BCUT2D eigenvalue weighted by Gasteiger charge is -2.11. The molecular weight excluding hydrogens is 502 g/mol. The van der Waals surface area contributed by atoms with Crippen molar-refractivity contribution < 1.29 is 19.0 Å². The SMILES string of the molecule is CCc1ccc(OCCCn2c(CCCCCNC(=O)Cc3ccc(OC)c(OC)c3)nc3ccccc32)cc1. The van der Waals surface area contributed by atoms with E-state index in [1.54, 1.807) is 14.2 Å². The molecule has 0 bridgehead atoms. The van der Waals surface area contributed by atoms with E-state index >= 15 is 0 Å². The maximum atomic E-state index is 12.4. The minimum absolute atomic E-state index is 0.0116. The van der Waals surface area contributed by atoms with Crippen molar-refractivity contribution in [2.45, 2.75) is 58.4 Å². The van der Waals surface area contributed by atoms with E-state index in [2.05, 4.69) is 59.3 Å². The maximum absolute atomic E-state index is 12.4. The van der Waals surface area contributed by atoms with E-state index in [9.17, 15) is 4.79 Å². The molecule has 3 aromatic carbocycles. The van der Waals surface area contributed by atoms with Gasteiger partial charge in [-0.15, -0.1) is 0 Å². The molecule has 7 heteroatoms. The molecule has 40 heavy (non-hydrogen) atoms. The van der Waals surface area contributed by atoms with Crippen molar-refractivity contribution in [1.82, 2.24) is 14.9 Å². The van der Waals surface area contributed by atoms with Crippen LogP contribution in [0.1, 0.15) is 49.6 Å². The smallest absolute Gasteiger partial charge is 0.224 e. The Balaban J connectivity index is 1.20. The van der Waals surface area contributed by atoms with E-state index < -0.39 is 0 Å². The van der Waals surface area contributed by atoms with Crippen LogP contribution in [0, 0.1) is 0 Å². The number of aromatic nitrogens is 2. The zero-order valence-electron chi connectivity index (χ0n) is 23.9. The summed E-state index contributed by atoms with van der Waals surface area (Å²) in [6.45, 7) is 4.36. The molecule has 1 aromatic heterocycles. The van der Waals surface area contributed by atoms with Crippen LogP contribution in [0.2, 0.25) is 0 Å². The second-order valence-corrected chi connectivity index (χ2v) is 9.89. The predicted octanol–water partition coefficient (Wildman–Crippen LogP) is 6.16. The van der Waals surface area contributed by atoms with Crippen molar-refractivity contribution in [1.29, 1.82) is 0 Å². The van der Waals surface area contributed by atoms with Gasteiger partial charge in [-0.05, 0) is 73.2 Å². The van der Waals surface area contributed by atoms with E-state index in [0.29, 0.717) is 31.1 Å². The lowest BCUT2D eigenvalue weighted by atomic mass is 10.1. The molecule has 0 fully saturated rings. The fraction of sp³-hybridized carbons (Fsp3) is 0.394. The summed E-state index contributed by atoms with van der Waals surface area (Å²) in [6, 6.07) is 22.2. The van der Waals surface area contributed by atoms with Crippen molar-refractivity contribution in [2.75, 3.05) is 27.4 Å². The molecule has 4 rings (SSSR count). The molecule has 0 aliphatic rings. The zero-order chi connectivity index (χ0) is 28.2. The van der Waals surface area contributed by atoms with Crippen molar-refractivity contribution in [3.8, 4) is 17.2 Å². The predicted molar refractivity (Wildman–Crippen MR) is 159 cm³/mol. The average molecular weight is 544 g/mol. The number of unbranched alkanes of at least 4 members (excludes halogenated alkanes) is 2. The molecule has 1 N–H and O–H groups in total. The summed E-state index contributed by atoms with van der Waals surface area (Å²) < 4.78 is 18.9. The third-order valence-corrected chi connectivity index (χ3v) is 7.07. The van der Waals surface area contributed by atoms with Crippen LogP contribution in [0.4, 0.5) is 0 Å². The highest BCUT2D eigenvalue weighted by atomic mass is 16.5. The van der Waals surface area contributed by atoms with Gasteiger partial charge in [-0.2, -0.15) is 0 Å². The van der Waals surface area contributed by atoms with Gasteiger partial charge >= 0.3 is 0 Å². The first-order valence-electron chi connectivity index (χ1n) is 14.2. The summed E-state index contributed by atoms with van der Waals surface area (Å²) in [7, 11) is 3.20. The lowest BCUT2D eigenvalue weighted by Crippen LogP contribution is -2.26. The third kappa shape index (κ3) is 8.01. The Bertz CT molecular complexity index is 1360. The number of rotatable bonds is 16. The van der Waals surface area contributed by atoms with Crippen molar-refractivity contribution in [3.63, 3.8) is 0 Å². The Morgan fingerprint density at radius 1 is 0.875 bits per heavy atom. The van der Waals surface area contributed by atoms with Crippen LogP contribution in [-0.4, -0.2) is 42.8 Å². The van der Waals surface area contributed by atoms with Gasteiger partial charge in [-0.3, -0.25) is 4.79 Å². The Morgan fingerprint density at radius 3 is 2.42 bits per heavy atom. The van der Waals surface area contributed by atoms with Crippen LogP contribution in [-0.2, 0) is 30.6 Å². The van der Waals surface area contributed by atoms with Crippen LogP contribution in [0.25, 0.3) is 11.0 Å². The van der Waals surface area contributed by atoms with Crippen molar-refractivity contribution >= 4 is 16.9 Å². The summed E-state index contributed by atoms with van der Waals surface area (Å²) in [6.07, 6.45) is 6.15. The van der Waals surface area contributed by atoms with E-state index in [1.807, 2.05) is 24.3 Å². The number of hydrogen-bond donors (Lipinski definition) is 1. The second-order valence-electron chi connectivity index (χ2n) is 9.89. The van der Waals surface area contributed by atoms with Gasteiger partial charge in [-0.25, -0.2) is 4.98 Å². The number of amides is 1. The topological polar surface area (TPSA) is 74.6 Å². The average Bonchev–Trinajstić information content (AvgIpc) is 3.34. The number of para-hydroxylation sites is 2. The van der Waals surface area contributed by atoms with Crippen LogP contribution in [0.5, 0.6) is 17.2 Å². The molecule has 1 heterocycles. The normalized spacial score (nSPS) is 11.0. The summed E-state index contributed by atoms with van der Waals surface area (Å²) in [5.74, 6) is 3.34. The van der Waals surface area contributed by atoms with Gasteiger partial charge in [0.2, 0.25) is 5.91 Å². The number of nitrogens with one attached hydrogen (secondary N) is 1. The number of aryl methyl sites for hydroxylation is 3. The Kier molecular flexibility index (Phi) is 10.8. The zero-order valence-corrected chi connectivity index (χ0v) is 23.9. The molecule has 7 nitrogen and oxygen atoms in total. The molecule has 212 valence electrons. The Labute approximate surface area is 237 Å². The molecule has 0 aliphatic carbocycles. The molecule has 0 atom stereocenters. The number of carbonyl (C=O) groups excluding carboxylic acids is 1. The van der Waals surface area contributed by atoms with Crippen LogP contribution >= 0.6 is 0 Å². The van der Waals surface area contributed by atoms with E-state index in [0.717, 1.165) is 67.7 Å². The molecule has 1 amide bonds. The van der Waals surface area contributed by atoms with Gasteiger partial charge in [0.05, 0.1) is 38.3 Å². The highest BCUT2D eigenvalue weighted by molar-refractivity contribution is 5.78. The summed E-state index contributed by atoms with van der Waals surface area (Å²) in [5, 5.41) is 3.04. The van der Waals surface area contributed by atoms with Gasteiger partial charge < -0.3 is 24.1 Å². The number of benzene rings is 3. The molecule has 0 spiro atoms. The first-order chi connectivity index (χ1) is 19.6. The van der Waals surface area contributed by atoms with Crippen LogP contribution < -0.4 is 19.5 Å². The van der Waals surface area contributed by atoms with Crippen LogP contribution in [0.15, 0.2) is 66.7 Å². The Hall–Kier alpha value is -4.00. The van der Waals surface area contributed by atoms with Gasteiger partial charge in [0.15, 0.2) is 11.5 Å². The molecule has 0 saturated carbocycles. The summed E-state index contributed by atoms with van der Waals surface area (Å²) in [4.78, 5) is 17.3. The highest BCUT2D eigenvalue weighted by Crippen LogP contribution is 2.27.